The van der Waals surface area contributed by atoms with Gasteiger partial charge in [-0.2, -0.15) is 0 Å². The molecule has 0 amide bonds. The van der Waals surface area contributed by atoms with Gasteiger partial charge in [-0.3, -0.25) is 0 Å². The number of hydrogen-bond acceptors (Lipinski definition) is 3. The highest BCUT2D eigenvalue weighted by atomic mass is 79.9. The second kappa shape index (κ2) is 6.72. The van der Waals surface area contributed by atoms with E-state index in [4.69, 9.17) is 9.47 Å². The lowest BCUT2D eigenvalue weighted by Gasteiger charge is -2.12. The monoisotopic (exact) mass is 352 g/mol. The first-order chi connectivity index (χ1) is 9.95. The molecule has 0 spiro atoms. The molecule has 0 aliphatic rings. The molecule has 0 fully saturated rings. The highest BCUT2D eigenvalue weighted by Crippen LogP contribution is 2.27. The fourth-order valence-electron chi connectivity index (χ4n) is 1.92. The lowest BCUT2D eigenvalue weighted by molar-refractivity contribution is -0.136. The van der Waals surface area contributed by atoms with Crippen molar-refractivity contribution < 1.29 is 18.7 Å². The molecule has 2 rings (SSSR count). The van der Waals surface area contributed by atoms with Crippen LogP contribution in [-0.2, 0) is 4.79 Å². The van der Waals surface area contributed by atoms with Crippen LogP contribution >= 0.6 is 15.9 Å². The summed E-state index contributed by atoms with van der Waals surface area (Å²) in [5.41, 5.74) is 1.85. The molecule has 0 saturated heterocycles. The molecular formula is C16H14BrFO3. The minimum Gasteiger partial charge on any atom is -0.481 e. The number of halogens is 2. The Kier molecular flexibility index (Phi) is 4.96. The molecule has 0 heterocycles. The molecule has 0 aliphatic heterocycles. The van der Waals surface area contributed by atoms with Crippen LogP contribution in [0.2, 0.25) is 0 Å². The third kappa shape index (κ3) is 4.29. The van der Waals surface area contributed by atoms with Gasteiger partial charge in [0.15, 0.2) is 6.61 Å². The average molecular weight is 353 g/mol. The fourth-order valence-corrected chi connectivity index (χ4v) is 2.61. The predicted octanol–water partition coefficient (Wildman–Crippen LogP) is 4.19. The summed E-state index contributed by atoms with van der Waals surface area (Å²) < 4.78 is 24.3. The molecule has 0 N–H and O–H groups in total. The molecule has 2 aromatic carbocycles. The van der Waals surface area contributed by atoms with Gasteiger partial charge in [0.05, 0.1) is 0 Å². The zero-order chi connectivity index (χ0) is 15.4. The standard InChI is InChI=1S/C16H14BrFO3/c1-10-7-12(17)8-11(2)16(10)20-9-15(19)21-14-5-3-13(18)4-6-14/h3-8H,9H2,1-2H3. The Hall–Kier alpha value is -1.88. The molecule has 0 radical (unpaired) electrons. The number of aryl methyl sites for hydroxylation is 2. The number of carbonyl (C=O) groups excluding carboxylic acids is 1. The van der Waals surface area contributed by atoms with Crippen molar-refractivity contribution in [3.05, 3.63) is 57.8 Å². The second-order valence-corrected chi connectivity index (χ2v) is 5.50. The Morgan fingerprint density at radius 1 is 1.14 bits per heavy atom. The van der Waals surface area contributed by atoms with Gasteiger partial charge in [-0.05, 0) is 61.4 Å². The van der Waals surface area contributed by atoms with E-state index in [0.717, 1.165) is 15.6 Å². The molecule has 110 valence electrons. The summed E-state index contributed by atoms with van der Waals surface area (Å²) in [5.74, 6) is 0.0268. The number of hydrogen-bond donors (Lipinski definition) is 0. The van der Waals surface area contributed by atoms with Crippen LogP contribution in [0.15, 0.2) is 40.9 Å². The van der Waals surface area contributed by atoms with Gasteiger partial charge in [0.2, 0.25) is 0 Å². The number of carbonyl (C=O) groups is 1. The summed E-state index contributed by atoms with van der Waals surface area (Å²) in [5, 5.41) is 0. The van der Waals surface area contributed by atoms with Crippen molar-refractivity contribution in [3.63, 3.8) is 0 Å². The van der Waals surface area contributed by atoms with Crippen molar-refractivity contribution in [2.24, 2.45) is 0 Å². The third-order valence-electron chi connectivity index (χ3n) is 2.80. The number of rotatable bonds is 4. The van der Waals surface area contributed by atoms with Crippen LogP contribution in [0.1, 0.15) is 11.1 Å². The minimum atomic E-state index is -0.539. The van der Waals surface area contributed by atoms with Crippen LogP contribution in [0.25, 0.3) is 0 Å². The summed E-state index contributed by atoms with van der Waals surface area (Å²) in [7, 11) is 0. The van der Waals surface area contributed by atoms with E-state index in [1.165, 1.54) is 24.3 Å². The Bertz CT molecular complexity index is 630. The fraction of sp³-hybridized carbons (Fsp3) is 0.188. The maximum Gasteiger partial charge on any atom is 0.349 e. The number of ether oxygens (including phenoxy) is 2. The molecule has 21 heavy (non-hydrogen) atoms. The highest BCUT2D eigenvalue weighted by Gasteiger charge is 2.10. The van der Waals surface area contributed by atoms with E-state index < -0.39 is 5.97 Å². The molecule has 2 aromatic rings. The lowest BCUT2D eigenvalue weighted by Crippen LogP contribution is -2.18. The van der Waals surface area contributed by atoms with Gasteiger partial charge in [0.1, 0.15) is 17.3 Å². The van der Waals surface area contributed by atoms with Gasteiger partial charge in [-0.15, -0.1) is 0 Å². The quantitative estimate of drug-likeness (QED) is 0.611. The molecular weight excluding hydrogens is 339 g/mol. The average Bonchev–Trinajstić information content (AvgIpc) is 2.40. The summed E-state index contributed by atoms with van der Waals surface area (Å²) >= 11 is 3.40. The maximum atomic E-state index is 12.7. The van der Waals surface area contributed by atoms with Crippen molar-refractivity contribution in [3.8, 4) is 11.5 Å². The molecule has 0 saturated carbocycles. The van der Waals surface area contributed by atoms with Gasteiger partial charge >= 0.3 is 5.97 Å². The van der Waals surface area contributed by atoms with E-state index in [-0.39, 0.29) is 18.2 Å². The zero-order valence-electron chi connectivity index (χ0n) is 11.7. The molecule has 3 nitrogen and oxygen atoms in total. The second-order valence-electron chi connectivity index (χ2n) is 4.59. The molecule has 0 atom stereocenters. The van der Waals surface area contributed by atoms with E-state index >= 15 is 0 Å². The van der Waals surface area contributed by atoms with Gasteiger partial charge in [0, 0.05) is 4.47 Å². The SMILES string of the molecule is Cc1cc(Br)cc(C)c1OCC(=O)Oc1ccc(F)cc1. The number of benzene rings is 2. The Morgan fingerprint density at radius 3 is 2.29 bits per heavy atom. The first-order valence-electron chi connectivity index (χ1n) is 6.31. The smallest absolute Gasteiger partial charge is 0.349 e. The first-order valence-corrected chi connectivity index (χ1v) is 7.11. The van der Waals surface area contributed by atoms with Crippen molar-refractivity contribution in [1.29, 1.82) is 0 Å². The summed E-state index contributed by atoms with van der Waals surface area (Å²) in [4.78, 5) is 11.7. The minimum absolute atomic E-state index is 0.208. The molecule has 0 unspecified atom stereocenters. The lowest BCUT2D eigenvalue weighted by atomic mass is 10.1. The van der Waals surface area contributed by atoms with Crippen LogP contribution in [0, 0.1) is 19.7 Å². The molecule has 0 bridgehead atoms. The van der Waals surface area contributed by atoms with Crippen LogP contribution in [0.5, 0.6) is 11.5 Å². The van der Waals surface area contributed by atoms with Gasteiger partial charge < -0.3 is 9.47 Å². The van der Waals surface area contributed by atoms with Crippen molar-refractivity contribution in [1.82, 2.24) is 0 Å². The van der Waals surface area contributed by atoms with Crippen LogP contribution in [0.4, 0.5) is 4.39 Å². The Morgan fingerprint density at radius 2 is 1.71 bits per heavy atom. The Balaban J connectivity index is 1.97. The predicted molar refractivity (Wildman–Crippen MR) is 81.1 cm³/mol. The number of esters is 1. The van der Waals surface area contributed by atoms with Gasteiger partial charge in [-0.1, -0.05) is 15.9 Å². The summed E-state index contributed by atoms with van der Waals surface area (Å²) in [6, 6.07) is 9.06. The first kappa shape index (κ1) is 15.5. The van der Waals surface area contributed by atoms with E-state index in [9.17, 15) is 9.18 Å². The van der Waals surface area contributed by atoms with Gasteiger partial charge in [-0.25, -0.2) is 9.18 Å². The summed E-state index contributed by atoms with van der Waals surface area (Å²) in [6.07, 6.45) is 0. The van der Waals surface area contributed by atoms with E-state index in [0.29, 0.717) is 5.75 Å². The topological polar surface area (TPSA) is 35.5 Å². The van der Waals surface area contributed by atoms with Crippen LogP contribution in [-0.4, -0.2) is 12.6 Å². The van der Waals surface area contributed by atoms with E-state index in [2.05, 4.69) is 15.9 Å². The molecule has 5 heteroatoms. The van der Waals surface area contributed by atoms with Crippen LogP contribution in [0.3, 0.4) is 0 Å². The largest absolute Gasteiger partial charge is 0.481 e. The Labute approximate surface area is 130 Å². The third-order valence-corrected chi connectivity index (χ3v) is 3.26. The summed E-state index contributed by atoms with van der Waals surface area (Å²) in [6.45, 7) is 3.59. The van der Waals surface area contributed by atoms with Gasteiger partial charge in [0.25, 0.3) is 0 Å². The zero-order valence-corrected chi connectivity index (χ0v) is 13.2. The van der Waals surface area contributed by atoms with E-state index in [1.807, 2.05) is 26.0 Å². The van der Waals surface area contributed by atoms with Crippen molar-refractivity contribution in [2.45, 2.75) is 13.8 Å². The maximum absolute atomic E-state index is 12.7. The van der Waals surface area contributed by atoms with Crippen molar-refractivity contribution in [2.75, 3.05) is 6.61 Å². The normalized spacial score (nSPS) is 10.3. The van der Waals surface area contributed by atoms with E-state index in [1.54, 1.807) is 0 Å². The van der Waals surface area contributed by atoms with Crippen molar-refractivity contribution >= 4 is 21.9 Å². The molecule has 0 aliphatic carbocycles. The highest BCUT2D eigenvalue weighted by molar-refractivity contribution is 9.10. The molecule has 0 aromatic heterocycles. The van der Waals surface area contributed by atoms with Crippen LogP contribution < -0.4 is 9.47 Å².